The van der Waals surface area contributed by atoms with E-state index in [1.807, 2.05) is 11.8 Å². The number of aromatic nitrogens is 4. The first-order valence-corrected chi connectivity index (χ1v) is 24.5. The van der Waals surface area contributed by atoms with Crippen LogP contribution in [0, 0.1) is 23.2 Å². The Morgan fingerprint density at radius 3 is 2.36 bits per heavy atom. The molecule has 22 nitrogen and oxygen atoms in total. The van der Waals surface area contributed by atoms with Gasteiger partial charge < -0.3 is 56.0 Å². The third kappa shape index (κ3) is 12.9. The molecule has 61 heavy (non-hydrogen) atoms. The minimum absolute atomic E-state index is 0.0282. The van der Waals surface area contributed by atoms with E-state index in [9.17, 15) is 47.9 Å². The second-order valence-corrected chi connectivity index (χ2v) is 19.4. The van der Waals surface area contributed by atoms with Gasteiger partial charge in [0, 0.05) is 74.8 Å². The molecule has 2 unspecified atom stereocenters. The van der Waals surface area contributed by atoms with E-state index < -0.39 is 39.8 Å². The van der Waals surface area contributed by atoms with Crippen molar-refractivity contribution in [3.8, 4) is 11.8 Å². The lowest BCUT2D eigenvalue weighted by atomic mass is 10.0. The van der Waals surface area contributed by atoms with E-state index in [2.05, 4.69) is 58.7 Å². The van der Waals surface area contributed by atoms with Gasteiger partial charge in [-0.1, -0.05) is 18.8 Å². The van der Waals surface area contributed by atoms with Crippen LogP contribution in [0.3, 0.4) is 0 Å². The minimum atomic E-state index is -4.95. The summed E-state index contributed by atoms with van der Waals surface area (Å²) in [5, 5.41) is 17.8. The number of carbonyl (C=O) groups is 4. The van der Waals surface area contributed by atoms with Crippen LogP contribution in [-0.4, -0.2) is 125 Å². The molecule has 4 heterocycles. The van der Waals surface area contributed by atoms with Crippen LogP contribution in [0.2, 0.25) is 0 Å². The van der Waals surface area contributed by atoms with E-state index in [4.69, 9.17) is 9.05 Å². The zero-order valence-corrected chi connectivity index (χ0v) is 36.3. The maximum atomic E-state index is 12.4. The molecule has 2 aromatic heterocycles. The average molecular weight is 913 g/mol. The van der Waals surface area contributed by atoms with Gasteiger partial charge in [0.05, 0.1) is 31.1 Å². The Bertz CT molecular complexity index is 2090. The van der Waals surface area contributed by atoms with Crippen molar-refractivity contribution in [1.82, 2.24) is 46.1 Å². The number of fused-ring (bicyclic) bond motifs is 3. The van der Waals surface area contributed by atoms with Crippen LogP contribution in [0.15, 0.2) is 6.33 Å². The van der Waals surface area contributed by atoms with Crippen LogP contribution in [0.5, 0.6) is 0 Å². The molecule has 2 saturated carbocycles. The number of nitrogens with one attached hydrogen (secondary N) is 6. The highest BCUT2D eigenvalue weighted by Crippen LogP contribution is 2.71. The number of rotatable bonds is 23. The van der Waals surface area contributed by atoms with Gasteiger partial charge in [0.2, 0.25) is 23.5 Å². The summed E-state index contributed by atoms with van der Waals surface area (Å²) in [6, 6.07) is -0.138. The highest BCUT2D eigenvalue weighted by atomic mass is 32.2. The monoisotopic (exact) mass is 912 g/mol. The molecule has 25 heteroatoms. The van der Waals surface area contributed by atoms with Gasteiger partial charge in [0.25, 0.3) is 0 Å². The standard InChI is InChI=1S/C36H54N10O12P2S/c1-37-33-32-34(46(21-41-32)24-17-26(58-60(54,55)56)36(18-22(24)36)20-57-59(51,52)53)44-27(43-33)10-5-7-13-30(49)40-16-15-39-29(48)11-3-2-8-14-38-28(47)12-6-4-9-25-31-23(19-61-25)42-35(50)45-31/h21-26,31H,2-4,6-9,11-20H2,1H3,(H,38,47)(H,39,48)(H,40,49)(H,37,43,44)(H2,42,45,50)(H2,51,52,53)(H2,54,55,56)/t22-,23-,24?,25-,26?,31-,36+/m0/s1. The third-order valence-corrected chi connectivity index (χ3v) is 14.0. The minimum Gasteiger partial charge on any atom is -0.371 e. The second-order valence-electron chi connectivity index (χ2n) is 15.7. The molecule has 7 atom stereocenters. The molecule has 2 aliphatic heterocycles. The second kappa shape index (κ2) is 20.6. The first-order chi connectivity index (χ1) is 29.0. The first kappa shape index (κ1) is 46.7. The lowest BCUT2D eigenvalue weighted by Gasteiger charge is -2.24. The van der Waals surface area contributed by atoms with Crippen molar-refractivity contribution in [3.05, 3.63) is 12.2 Å². The van der Waals surface area contributed by atoms with Crippen LogP contribution in [-0.2, 0) is 32.6 Å². The van der Waals surface area contributed by atoms with Gasteiger partial charge in [0.15, 0.2) is 17.0 Å². The number of nitrogens with zero attached hydrogens (tertiary/aromatic N) is 4. The number of hydrogen-bond donors (Lipinski definition) is 10. The fourth-order valence-corrected chi connectivity index (χ4v) is 11.0. The Labute approximate surface area is 356 Å². The Morgan fingerprint density at radius 2 is 1.66 bits per heavy atom. The molecular formula is C36H54N10O12P2S. The molecular weight excluding hydrogens is 858 g/mol. The SMILES string of the molecule is CNc1nc(C#CCCC(=O)NCCNC(=O)CCCCCNC(=O)CCCC[C@@H]2SC[C@@H]3NC(=O)N[C@@H]32)nc2c1ncn2C1CC(OP(=O)(O)O)[C@@]2(COP(=O)(O)O)C[C@@H]12. The number of carbonyl (C=O) groups excluding carboxylic acids is 4. The van der Waals surface area contributed by atoms with E-state index in [1.165, 1.54) is 6.33 Å². The molecule has 336 valence electrons. The normalized spacial score (nSPS) is 25.2. The molecule has 4 aliphatic rings. The molecule has 0 bridgehead atoms. The van der Waals surface area contributed by atoms with Gasteiger partial charge in [0.1, 0.15) is 0 Å². The predicted molar refractivity (Wildman–Crippen MR) is 222 cm³/mol. The molecule has 2 aromatic rings. The Morgan fingerprint density at radius 1 is 0.951 bits per heavy atom. The van der Waals surface area contributed by atoms with Gasteiger partial charge in [-0.2, -0.15) is 11.8 Å². The van der Waals surface area contributed by atoms with Crippen molar-refractivity contribution in [2.75, 3.05) is 44.4 Å². The lowest BCUT2D eigenvalue weighted by molar-refractivity contribution is -0.122. The van der Waals surface area contributed by atoms with Crippen molar-refractivity contribution in [3.63, 3.8) is 0 Å². The van der Waals surface area contributed by atoms with Crippen molar-refractivity contribution >= 4 is 68.1 Å². The molecule has 10 N–H and O–H groups in total. The van der Waals surface area contributed by atoms with Gasteiger partial charge in [-0.3, -0.25) is 23.4 Å². The van der Waals surface area contributed by atoms with Gasteiger partial charge in [-0.25, -0.2) is 28.9 Å². The summed E-state index contributed by atoms with van der Waals surface area (Å²) < 4.78 is 34.8. The van der Waals surface area contributed by atoms with Gasteiger partial charge in [-0.05, 0) is 50.4 Å². The lowest BCUT2D eigenvalue weighted by Crippen LogP contribution is -2.36. The van der Waals surface area contributed by atoms with Crippen LogP contribution in [0.25, 0.3) is 11.2 Å². The third-order valence-electron chi connectivity index (χ3n) is 11.5. The number of unbranched alkanes of at least 4 members (excludes halogenated alkanes) is 3. The van der Waals surface area contributed by atoms with Crippen LogP contribution in [0.4, 0.5) is 10.6 Å². The van der Waals surface area contributed by atoms with Crippen molar-refractivity contribution < 1.29 is 56.9 Å². The van der Waals surface area contributed by atoms with Crippen LogP contribution in [0.1, 0.15) is 88.9 Å². The molecule has 4 fully saturated rings. The fourth-order valence-electron chi connectivity index (χ4n) is 8.41. The Balaban J connectivity index is 0.844. The predicted octanol–water partition coefficient (Wildman–Crippen LogP) is 1.17. The van der Waals surface area contributed by atoms with Crippen molar-refractivity contribution in [2.24, 2.45) is 11.3 Å². The number of phosphoric ester groups is 2. The molecule has 2 saturated heterocycles. The molecule has 5 amide bonds. The number of hydrogen-bond acceptors (Lipinski definition) is 13. The molecule has 2 aliphatic carbocycles. The summed E-state index contributed by atoms with van der Waals surface area (Å²) >= 11 is 1.87. The Kier molecular flexibility index (Phi) is 15.7. The number of imidazole rings is 1. The first-order valence-electron chi connectivity index (χ1n) is 20.4. The molecule has 0 radical (unpaired) electrons. The fraction of sp³-hybridized carbons (Fsp3) is 0.694. The summed E-state index contributed by atoms with van der Waals surface area (Å²) in [7, 11) is -8.16. The van der Waals surface area contributed by atoms with E-state index in [0.717, 1.165) is 37.9 Å². The van der Waals surface area contributed by atoms with E-state index in [-0.39, 0.29) is 79.9 Å². The van der Waals surface area contributed by atoms with Crippen LogP contribution < -0.4 is 31.9 Å². The largest absolute Gasteiger partial charge is 0.469 e. The van der Waals surface area contributed by atoms with E-state index >= 15 is 0 Å². The highest BCUT2D eigenvalue weighted by Gasteiger charge is 2.70. The zero-order chi connectivity index (χ0) is 43.8. The van der Waals surface area contributed by atoms with Crippen molar-refractivity contribution in [2.45, 2.75) is 107 Å². The zero-order valence-electron chi connectivity index (χ0n) is 33.7. The number of anilines is 1. The number of phosphoric acid groups is 2. The number of urea groups is 1. The summed E-state index contributed by atoms with van der Waals surface area (Å²) in [5.41, 5.74) is -0.243. The average Bonchev–Trinajstić information content (AvgIpc) is 3.46. The summed E-state index contributed by atoms with van der Waals surface area (Å²) in [6.07, 6.45) is 6.98. The summed E-state index contributed by atoms with van der Waals surface area (Å²) in [4.78, 5) is 99.4. The van der Waals surface area contributed by atoms with Crippen molar-refractivity contribution in [1.29, 1.82) is 0 Å². The topological polar surface area (TPSA) is 318 Å². The maximum Gasteiger partial charge on any atom is 0.469 e. The smallest absolute Gasteiger partial charge is 0.371 e. The Hall–Kier alpha value is -3.84. The number of amides is 5. The van der Waals surface area contributed by atoms with Gasteiger partial charge >= 0.3 is 21.7 Å². The number of thioether (sulfide) groups is 1. The van der Waals surface area contributed by atoms with Crippen LogP contribution >= 0.6 is 27.4 Å². The van der Waals surface area contributed by atoms with Gasteiger partial charge in [-0.15, -0.1) is 0 Å². The summed E-state index contributed by atoms with van der Waals surface area (Å²) in [6.45, 7) is 0.638. The van der Waals surface area contributed by atoms with E-state index in [0.29, 0.717) is 54.5 Å². The molecule has 0 spiro atoms. The highest BCUT2D eigenvalue weighted by molar-refractivity contribution is 8.00. The summed E-state index contributed by atoms with van der Waals surface area (Å²) in [5.74, 6) is 6.57. The maximum absolute atomic E-state index is 12.4. The molecule has 0 aromatic carbocycles. The quantitative estimate of drug-likeness (QED) is 0.0324. The van der Waals surface area contributed by atoms with E-state index in [1.54, 1.807) is 11.6 Å². The molecule has 6 rings (SSSR count).